The first-order chi connectivity index (χ1) is 10.2. The second kappa shape index (κ2) is 7.62. The molecule has 0 amide bonds. The van der Waals surface area contributed by atoms with Crippen molar-refractivity contribution in [2.75, 3.05) is 11.9 Å². The zero-order chi connectivity index (χ0) is 14.7. The zero-order valence-corrected chi connectivity index (χ0v) is 15.1. The topological polar surface area (TPSA) is 68.2 Å². The highest BCUT2D eigenvalue weighted by molar-refractivity contribution is 14.0. The highest BCUT2D eigenvalue weighted by Crippen LogP contribution is 2.24. The van der Waals surface area contributed by atoms with E-state index in [1.165, 1.54) is 30.4 Å². The van der Waals surface area contributed by atoms with Crippen LogP contribution in [-0.2, 0) is 19.4 Å². The van der Waals surface area contributed by atoms with Crippen LogP contribution >= 0.6 is 24.0 Å². The molecule has 1 aromatic carbocycles. The average Bonchev–Trinajstić information content (AvgIpc) is 3.07. The van der Waals surface area contributed by atoms with Crippen LogP contribution in [0.25, 0.3) is 0 Å². The van der Waals surface area contributed by atoms with E-state index >= 15 is 0 Å². The number of hydrogen-bond acceptors (Lipinski definition) is 2. The smallest absolute Gasteiger partial charge is 0.193 e. The minimum atomic E-state index is 0. The van der Waals surface area contributed by atoms with Crippen molar-refractivity contribution in [1.82, 2.24) is 9.78 Å². The molecule has 0 saturated carbocycles. The van der Waals surface area contributed by atoms with E-state index < -0.39 is 0 Å². The molecule has 1 aliphatic rings. The zero-order valence-electron chi connectivity index (χ0n) is 12.7. The first-order valence-electron chi connectivity index (χ1n) is 7.38. The van der Waals surface area contributed by atoms with Crippen LogP contribution in [0.3, 0.4) is 0 Å². The molecule has 5 nitrogen and oxygen atoms in total. The van der Waals surface area contributed by atoms with E-state index in [1.807, 2.05) is 24.0 Å². The van der Waals surface area contributed by atoms with Gasteiger partial charge in [0, 0.05) is 11.9 Å². The van der Waals surface area contributed by atoms with Crippen LogP contribution in [0.15, 0.2) is 35.6 Å². The van der Waals surface area contributed by atoms with Crippen LogP contribution in [0.4, 0.5) is 5.69 Å². The van der Waals surface area contributed by atoms with Gasteiger partial charge in [-0.3, -0.25) is 9.67 Å². The number of nitrogens with two attached hydrogens (primary N) is 1. The van der Waals surface area contributed by atoms with Crippen molar-refractivity contribution in [1.29, 1.82) is 0 Å². The Balaban J connectivity index is 0.00000176. The third-order valence-electron chi connectivity index (χ3n) is 3.74. The van der Waals surface area contributed by atoms with Gasteiger partial charge in [-0.05, 0) is 55.0 Å². The lowest BCUT2D eigenvalue weighted by Crippen LogP contribution is -2.23. The minimum absolute atomic E-state index is 0. The van der Waals surface area contributed by atoms with Crippen LogP contribution in [-0.4, -0.2) is 22.3 Å². The van der Waals surface area contributed by atoms with Gasteiger partial charge < -0.3 is 11.1 Å². The van der Waals surface area contributed by atoms with E-state index in [1.54, 1.807) is 0 Å². The first-order valence-corrected chi connectivity index (χ1v) is 7.38. The first kappa shape index (κ1) is 16.8. The molecule has 0 radical (unpaired) electrons. The lowest BCUT2D eigenvalue weighted by Gasteiger charge is -2.08. The molecule has 0 unspecified atom stereocenters. The largest absolute Gasteiger partial charge is 0.370 e. The van der Waals surface area contributed by atoms with Crippen molar-refractivity contribution < 1.29 is 0 Å². The van der Waals surface area contributed by atoms with Gasteiger partial charge in [-0.1, -0.05) is 6.07 Å². The molecule has 2 aromatic rings. The highest BCUT2D eigenvalue weighted by atomic mass is 127. The Morgan fingerprint density at radius 1 is 1.36 bits per heavy atom. The lowest BCUT2D eigenvalue weighted by molar-refractivity contribution is 0.625. The number of nitrogens with zero attached hydrogens (tertiary/aromatic N) is 3. The summed E-state index contributed by atoms with van der Waals surface area (Å²) in [6.45, 7) is 3.38. The molecular formula is C16H22IN5. The Hall–Kier alpha value is -1.57. The molecule has 0 aliphatic heterocycles. The third-order valence-corrected chi connectivity index (χ3v) is 3.74. The summed E-state index contributed by atoms with van der Waals surface area (Å²) < 4.78 is 1.88. The maximum Gasteiger partial charge on any atom is 0.193 e. The Kier molecular flexibility index (Phi) is 5.82. The monoisotopic (exact) mass is 411 g/mol. The number of aromatic nitrogens is 2. The number of nitrogens with one attached hydrogen (secondary N) is 1. The summed E-state index contributed by atoms with van der Waals surface area (Å²) in [7, 11) is 0. The molecule has 0 atom stereocenters. The summed E-state index contributed by atoms with van der Waals surface area (Å²) in [5.74, 6) is 0.455. The van der Waals surface area contributed by atoms with Crippen LogP contribution in [0.5, 0.6) is 0 Å². The van der Waals surface area contributed by atoms with E-state index in [-0.39, 0.29) is 24.0 Å². The van der Waals surface area contributed by atoms with Crippen molar-refractivity contribution in [3.63, 3.8) is 0 Å². The molecule has 118 valence electrons. The molecule has 1 aromatic heterocycles. The number of benzene rings is 1. The van der Waals surface area contributed by atoms with Crippen molar-refractivity contribution >= 4 is 35.6 Å². The lowest BCUT2D eigenvalue weighted by atomic mass is 10.1. The van der Waals surface area contributed by atoms with Gasteiger partial charge in [0.2, 0.25) is 0 Å². The fraction of sp³-hybridized carbons (Fsp3) is 0.375. The van der Waals surface area contributed by atoms with Crippen molar-refractivity contribution in [2.45, 2.75) is 32.7 Å². The number of aliphatic imine (C=N–C) groups is 1. The van der Waals surface area contributed by atoms with Gasteiger partial charge in [0.25, 0.3) is 0 Å². The molecule has 1 heterocycles. The molecule has 22 heavy (non-hydrogen) atoms. The number of aryl methyl sites for hydroxylation is 3. The van der Waals surface area contributed by atoms with Crippen LogP contribution in [0.1, 0.15) is 23.1 Å². The minimum Gasteiger partial charge on any atom is -0.370 e. The SMILES string of the molecule is Cc1cnn(CCN=C(N)Nc2ccc3c(c2)CCC3)c1.I. The third kappa shape index (κ3) is 4.22. The molecular weight excluding hydrogens is 389 g/mol. The Bertz CT molecular complexity index is 662. The number of anilines is 1. The number of fused-ring (bicyclic) bond motifs is 1. The summed E-state index contributed by atoms with van der Waals surface area (Å²) in [5.41, 5.74) is 11.0. The second-order valence-electron chi connectivity index (χ2n) is 5.51. The van der Waals surface area contributed by atoms with Crippen molar-refractivity contribution in [3.05, 3.63) is 47.3 Å². The van der Waals surface area contributed by atoms with Gasteiger partial charge in [0.15, 0.2) is 5.96 Å². The number of halogens is 1. The van der Waals surface area contributed by atoms with E-state index in [4.69, 9.17) is 5.73 Å². The average molecular weight is 411 g/mol. The van der Waals surface area contributed by atoms with Crippen LogP contribution in [0, 0.1) is 6.92 Å². The molecule has 1 aliphatic carbocycles. The van der Waals surface area contributed by atoms with Gasteiger partial charge in [0.1, 0.15) is 0 Å². The molecule has 3 rings (SSSR count). The normalized spacial score (nSPS) is 13.6. The van der Waals surface area contributed by atoms with Gasteiger partial charge in [-0.2, -0.15) is 5.10 Å². The fourth-order valence-corrected chi connectivity index (χ4v) is 2.70. The summed E-state index contributed by atoms with van der Waals surface area (Å²) >= 11 is 0. The Labute approximate surface area is 148 Å². The summed E-state index contributed by atoms with van der Waals surface area (Å²) in [5, 5.41) is 7.38. The quantitative estimate of drug-likeness (QED) is 0.462. The number of rotatable bonds is 4. The van der Waals surface area contributed by atoms with E-state index in [9.17, 15) is 0 Å². The maximum absolute atomic E-state index is 5.93. The van der Waals surface area contributed by atoms with Crippen molar-refractivity contribution in [3.8, 4) is 0 Å². The predicted molar refractivity (Wildman–Crippen MR) is 101 cm³/mol. The predicted octanol–water partition coefficient (Wildman–Crippen LogP) is 2.73. The van der Waals surface area contributed by atoms with E-state index in [0.717, 1.165) is 17.8 Å². The molecule has 0 fully saturated rings. The summed E-state index contributed by atoms with van der Waals surface area (Å²) in [6.07, 6.45) is 7.46. The molecule has 6 heteroatoms. The number of hydrogen-bond donors (Lipinski definition) is 2. The molecule has 0 saturated heterocycles. The standard InChI is InChI=1S/C16H21N5.HI/c1-12-10-19-21(11-12)8-7-18-16(17)20-15-6-5-13-3-2-4-14(13)9-15;/h5-6,9-11H,2-4,7-8H2,1H3,(H3,17,18,20);1H. The second-order valence-corrected chi connectivity index (χ2v) is 5.51. The highest BCUT2D eigenvalue weighted by Gasteiger charge is 2.10. The van der Waals surface area contributed by atoms with Crippen LogP contribution in [0.2, 0.25) is 0 Å². The Morgan fingerprint density at radius 2 is 2.18 bits per heavy atom. The molecule has 3 N–H and O–H groups in total. The van der Waals surface area contributed by atoms with Gasteiger partial charge >= 0.3 is 0 Å². The van der Waals surface area contributed by atoms with Crippen molar-refractivity contribution in [2.24, 2.45) is 10.7 Å². The maximum atomic E-state index is 5.93. The summed E-state index contributed by atoms with van der Waals surface area (Å²) in [4.78, 5) is 4.34. The van der Waals surface area contributed by atoms with Gasteiger partial charge in [-0.15, -0.1) is 24.0 Å². The fourth-order valence-electron chi connectivity index (χ4n) is 2.70. The van der Waals surface area contributed by atoms with Crippen LogP contribution < -0.4 is 11.1 Å². The summed E-state index contributed by atoms with van der Waals surface area (Å²) in [6, 6.07) is 6.44. The van der Waals surface area contributed by atoms with E-state index in [2.05, 4.69) is 33.6 Å². The molecule has 0 bridgehead atoms. The van der Waals surface area contributed by atoms with Gasteiger partial charge in [-0.25, -0.2) is 0 Å². The Morgan fingerprint density at radius 3 is 2.95 bits per heavy atom. The number of guanidine groups is 1. The molecule has 0 spiro atoms. The van der Waals surface area contributed by atoms with Gasteiger partial charge in [0.05, 0.1) is 19.3 Å². The van der Waals surface area contributed by atoms with E-state index in [0.29, 0.717) is 12.5 Å².